The van der Waals surface area contributed by atoms with E-state index in [1.807, 2.05) is 6.07 Å². The molecular weight excluding hydrogens is 359 g/mol. The molecule has 0 fully saturated rings. The van der Waals surface area contributed by atoms with Gasteiger partial charge >= 0.3 is 0 Å². The van der Waals surface area contributed by atoms with Crippen LogP contribution in [0.3, 0.4) is 0 Å². The molecule has 0 saturated carbocycles. The number of nitrogens with zero attached hydrogens (tertiary/aromatic N) is 2. The van der Waals surface area contributed by atoms with Gasteiger partial charge in [-0.1, -0.05) is 30.3 Å². The summed E-state index contributed by atoms with van der Waals surface area (Å²) in [5, 5.41) is 20.3. The van der Waals surface area contributed by atoms with Crippen molar-refractivity contribution in [3.8, 4) is 11.8 Å². The Balaban J connectivity index is 1.86. The first-order valence-electron chi connectivity index (χ1n) is 8.40. The van der Waals surface area contributed by atoms with Gasteiger partial charge < -0.3 is 4.74 Å². The van der Waals surface area contributed by atoms with Crippen LogP contribution in [0, 0.1) is 27.3 Å². The van der Waals surface area contributed by atoms with Crippen LogP contribution in [-0.2, 0) is 6.61 Å². The van der Waals surface area contributed by atoms with Crippen molar-refractivity contribution in [3.63, 3.8) is 0 Å². The van der Waals surface area contributed by atoms with Crippen LogP contribution in [0.1, 0.15) is 16.7 Å². The van der Waals surface area contributed by atoms with E-state index in [0.717, 1.165) is 0 Å². The van der Waals surface area contributed by atoms with Crippen molar-refractivity contribution >= 4 is 17.3 Å². The van der Waals surface area contributed by atoms with Crippen molar-refractivity contribution in [2.45, 2.75) is 6.61 Å². The van der Waals surface area contributed by atoms with E-state index in [2.05, 4.69) is 6.07 Å². The quantitative estimate of drug-likeness (QED) is 0.251. The van der Waals surface area contributed by atoms with Gasteiger partial charge in [0.05, 0.1) is 16.6 Å². The molecule has 0 unspecified atom stereocenters. The molecule has 3 rings (SSSR count). The molecule has 3 aromatic rings. The second-order valence-corrected chi connectivity index (χ2v) is 5.93. The highest BCUT2D eigenvalue weighted by Gasteiger charge is 2.09. The fourth-order valence-corrected chi connectivity index (χ4v) is 2.62. The van der Waals surface area contributed by atoms with Crippen molar-refractivity contribution in [1.82, 2.24) is 0 Å². The molecule has 0 aromatic heterocycles. The lowest BCUT2D eigenvalue weighted by Crippen LogP contribution is -1.97. The molecule has 0 aliphatic heterocycles. The minimum Gasteiger partial charge on any atom is -0.488 e. The summed E-state index contributed by atoms with van der Waals surface area (Å²) in [6.07, 6.45) is 1.65. The molecule has 0 aliphatic carbocycles. The summed E-state index contributed by atoms with van der Waals surface area (Å²) in [6, 6.07) is 21.2. The molecule has 6 heteroatoms. The van der Waals surface area contributed by atoms with Gasteiger partial charge in [0.2, 0.25) is 0 Å². The predicted octanol–water partition coefficient (Wildman–Crippen LogP) is 5.38. The second-order valence-electron chi connectivity index (χ2n) is 5.93. The Morgan fingerprint density at radius 3 is 2.54 bits per heavy atom. The zero-order valence-corrected chi connectivity index (χ0v) is 14.7. The molecule has 0 amide bonds. The number of para-hydroxylation sites is 1. The fraction of sp³-hybridized carbons (Fsp3) is 0.0455. The Morgan fingerprint density at radius 1 is 1.11 bits per heavy atom. The van der Waals surface area contributed by atoms with Crippen LogP contribution in [0.5, 0.6) is 5.75 Å². The molecule has 0 heterocycles. The van der Waals surface area contributed by atoms with E-state index < -0.39 is 4.92 Å². The monoisotopic (exact) mass is 374 g/mol. The van der Waals surface area contributed by atoms with Gasteiger partial charge in [-0.05, 0) is 47.5 Å². The summed E-state index contributed by atoms with van der Waals surface area (Å²) in [5.74, 6) is 0.209. The lowest BCUT2D eigenvalue weighted by molar-refractivity contribution is -0.384. The van der Waals surface area contributed by atoms with Crippen LogP contribution < -0.4 is 4.74 Å². The Bertz CT molecular complexity index is 1070. The molecule has 0 aliphatic rings. The molecule has 5 nitrogen and oxygen atoms in total. The van der Waals surface area contributed by atoms with Gasteiger partial charge in [0.25, 0.3) is 5.69 Å². The Kier molecular flexibility index (Phi) is 5.78. The Hall–Kier alpha value is -3.98. The Labute approximate surface area is 161 Å². The number of non-ortho nitro benzene ring substituents is 1. The minimum atomic E-state index is -0.491. The van der Waals surface area contributed by atoms with E-state index in [0.29, 0.717) is 28.0 Å². The molecule has 3 aromatic carbocycles. The molecule has 0 spiro atoms. The number of benzene rings is 3. The fourth-order valence-electron chi connectivity index (χ4n) is 2.62. The number of allylic oxidation sites excluding steroid dienone is 1. The first kappa shape index (κ1) is 18.8. The van der Waals surface area contributed by atoms with E-state index in [1.54, 1.807) is 36.4 Å². The molecular formula is C22H15FN2O3. The summed E-state index contributed by atoms with van der Waals surface area (Å²) < 4.78 is 19.1. The van der Waals surface area contributed by atoms with Crippen LogP contribution >= 0.6 is 0 Å². The van der Waals surface area contributed by atoms with E-state index >= 15 is 0 Å². The average Bonchev–Trinajstić information content (AvgIpc) is 2.71. The van der Waals surface area contributed by atoms with Crippen molar-refractivity contribution in [2.75, 3.05) is 0 Å². The molecule has 0 N–H and O–H groups in total. The van der Waals surface area contributed by atoms with Crippen LogP contribution in [0.15, 0.2) is 72.8 Å². The highest BCUT2D eigenvalue weighted by molar-refractivity contribution is 5.90. The number of nitro groups is 1. The molecule has 0 bridgehead atoms. The van der Waals surface area contributed by atoms with E-state index in [1.165, 1.54) is 36.4 Å². The van der Waals surface area contributed by atoms with Crippen molar-refractivity contribution < 1.29 is 14.1 Å². The standard InChI is InChI=1S/C22H15FN2O3/c23-20-6-3-4-16(12-20)15-28-22-7-2-1-5-18(22)13-19(14-24)17-8-10-21(11-9-17)25(26)27/h1-13H,15H2/b19-13-. The van der Waals surface area contributed by atoms with Crippen LogP contribution in [0.25, 0.3) is 11.6 Å². The van der Waals surface area contributed by atoms with Crippen LogP contribution in [0.2, 0.25) is 0 Å². The van der Waals surface area contributed by atoms with Gasteiger partial charge in [0, 0.05) is 17.7 Å². The maximum absolute atomic E-state index is 13.3. The number of hydrogen-bond donors (Lipinski definition) is 0. The largest absolute Gasteiger partial charge is 0.488 e. The van der Waals surface area contributed by atoms with E-state index in [4.69, 9.17) is 4.74 Å². The molecule has 0 atom stereocenters. The minimum absolute atomic E-state index is 0.0418. The first-order valence-corrected chi connectivity index (χ1v) is 8.40. The van der Waals surface area contributed by atoms with Crippen LogP contribution in [0.4, 0.5) is 10.1 Å². The van der Waals surface area contributed by atoms with Gasteiger partial charge in [0.1, 0.15) is 18.2 Å². The zero-order valence-electron chi connectivity index (χ0n) is 14.7. The lowest BCUT2D eigenvalue weighted by Gasteiger charge is -2.10. The van der Waals surface area contributed by atoms with Gasteiger partial charge in [-0.25, -0.2) is 4.39 Å². The topological polar surface area (TPSA) is 76.2 Å². The van der Waals surface area contributed by atoms with Crippen LogP contribution in [-0.4, -0.2) is 4.92 Å². The normalized spacial score (nSPS) is 10.9. The SMILES string of the molecule is N#C/C(=C/c1ccccc1OCc1cccc(F)c1)c1ccc([N+](=O)[O-])cc1. The number of nitriles is 1. The maximum atomic E-state index is 13.3. The summed E-state index contributed by atoms with van der Waals surface area (Å²) in [4.78, 5) is 10.3. The smallest absolute Gasteiger partial charge is 0.269 e. The highest BCUT2D eigenvalue weighted by Crippen LogP contribution is 2.26. The van der Waals surface area contributed by atoms with Crippen molar-refractivity contribution in [1.29, 1.82) is 5.26 Å². The number of hydrogen-bond acceptors (Lipinski definition) is 4. The summed E-state index contributed by atoms with van der Waals surface area (Å²) in [7, 11) is 0. The maximum Gasteiger partial charge on any atom is 0.269 e. The summed E-state index contributed by atoms with van der Waals surface area (Å²) in [6.45, 7) is 0.183. The van der Waals surface area contributed by atoms with E-state index in [-0.39, 0.29) is 18.1 Å². The third-order valence-electron chi connectivity index (χ3n) is 4.01. The van der Waals surface area contributed by atoms with E-state index in [9.17, 15) is 19.8 Å². The number of halogens is 1. The number of nitro benzene ring substituents is 1. The first-order chi connectivity index (χ1) is 13.6. The van der Waals surface area contributed by atoms with Gasteiger partial charge in [-0.3, -0.25) is 10.1 Å². The second kappa shape index (κ2) is 8.60. The number of ether oxygens (including phenoxy) is 1. The third-order valence-corrected chi connectivity index (χ3v) is 4.01. The highest BCUT2D eigenvalue weighted by atomic mass is 19.1. The van der Waals surface area contributed by atoms with Gasteiger partial charge in [-0.2, -0.15) is 5.26 Å². The average molecular weight is 374 g/mol. The van der Waals surface area contributed by atoms with Gasteiger partial charge in [-0.15, -0.1) is 0 Å². The molecule has 138 valence electrons. The molecule has 0 radical (unpaired) electrons. The number of rotatable bonds is 6. The molecule has 28 heavy (non-hydrogen) atoms. The zero-order chi connectivity index (χ0) is 19.9. The molecule has 0 saturated heterocycles. The lowest BCUT2D eigenvalue weighted by atomic mass is 10.0. The summed E-state index contributed by atoms with van der Waals surface area (Å²) >= 11 is 0. The predicted molar refractivity (Wildman–Crippen MR) is 104 cm³/mol. The van der Waals surface area contributed by atoms with Crippen molar-refractivity contribution in [2.24, 2.45) is 0 Å². The third kappa shape index (κ3) is 4.59. The van der Waals surface area contributed by atoms with Crippen molar-refractivity contribution in [3.05, 3.63) is 105 Å². The Morgan fingerprint density at radius 2 is 1.86 bits per heavy atom. The van der Waals surface area contributed by atoms with Gasteiger partial charge in [0.15, 0.2) is 0 Å². The summed E-state index contributed by atoms with van der Waals surface area (Å²) in [5.41, 5.74) is 2.23.